The Morgan fingerprint density at radius 3 is 2.50 bits per heavy atom. The molecule has 2 rings (SSSR count). The smallest absolute Gasteiger partial charge is 0.252 e. The van der Waals surface area contributed by atoms with Crippen molar-refractivity contribution in [3.63, 3.8) is 0 Å². The molecule has 0 aliphatic rings. The van der Waals surface area contributed by atoms with Crippen molar-refractivity contribution in [2.75, 3.05) is 0 Å². The van der Waals surface area contributed by atoms with E-state index >= 15 is 0 Å². The van der Waals surface area contributed by atoms with E-state index in [0.29, 0.717) is 5.56 Å². The first-order valence-corrected chi connectivity index (χ1v) is 7.48. The predicted molar refractivity (Wildman–Crippen MR) is 87.5 cm³/mol. The molecule has 22 heavy (non-hydrogen) atoms. The molecule has 0 aliphatic heterocycles. The van der Waals surface area contributed by atoms with E-state index in [1.54, 1.807) is 24.7 Å². The first-order chi connectivity index (χ1) is 10.4. The fraction of sp³-hybridized carbons (Fsp3) is 0.389. The Kier molecular flexibility index (Phi) is 4.91. The molecule has 0 aromatic carbocycles. The second kappa shape index (κ2) is 6.69. The molecule has 4 nitrogen and oxygen atoms in total. The van der Waals surface area contributed by atoms with Gasteiger partial charge >= 0.3 is 0 Å². The summed E-state index contributed by atoms with van der Waals surface area (Å²) in [7, 11) is 0. The van der Waals surface area contributed by atoms with Crippen LogP contribution in [0.3, 0.4) is 0 Å². The number of nitrogens with zero attached hydrogens (tertiary/aromatic N) is 2. The number of pyridine rings is 2. The molecular weight excluding hydrogens is 274 g/mol. The molecule has 4 heteroatoms. The van der Waals surface area contributed by atoms with Crippen molar-refractivity contribution in [2.45, 2.75) is 40.2 Å². The van der Waals surface area contributed by atoms with Crippen LogP contribution in [0.4, 0.5) is 0 Å². The highest BCUT2D eigenvalue weighted by molar-refractivity contribution is 5.95. The van der Waals surface area contributed by atoms with Gasteiger partial charge in [-0.2, -0.15) is 0 Å². The molecule has 0 saturated heterocycles. The van der Waals surface area contributed by atoms with Crippen molar-refractivity contribution in [3.8, 4) is 0 Å². The fourth-order valence-corrected chi connectivity index (χ4v) is 2.41. The van der Waals surface area contributed by atoms with E-state index in [2.05, 4.69) is 36.1 Å². The molecule has 0 fully saturated rings. The minimum atomic E-state index is -0.0713. The highest BCUT2D eigenvalue weighted by Gasteiger charge is 2.23. The lowest BCUT2D eigenvalue weighted by atomic mass is 9.85. The fourth-order valence-electron chi connectivity index (χ4n) is 2.41. The highest BCUT2D eigenvalue weighted by Crippen LogP contribution is 2.29. The van der Waals surface area contributed by atoms with E-state index in [1.165, 1.54) is 0 Å². The SMILES string of the molecule is Cc1cnccc1C(=O)NC(CC(C)(C)C)c1cccnc1. The number of aromatic nitrogens is 2. The summed E-state index contributed by atoms with van der Waals surface area (Å²) >= 11 is 0. The van der Waals surface area contributed by atoms with Crippen molar-refractivity contribution in [1.29, 1.82) is 0 Å². The molecule has 1 amide bonds. The van der Waals surface area contributed by atoms with Crippen LogP contribution >= 0.6 is 0 Å². The maximum absolute atomic E-state index is 12.6. The lowest BCUT2D eigenvalue weighted by Crippen LogP contribution is -2.31. The topological polar surface area (TPSA) is 54.9 Å². The van der Waals surface area contributed by atoms with Crippen molar-refractivity contribution < 1.29 is 4.79 Å². The third kappa shape index (κ3) is 4.38. The molecule has 2 aromatic heterocycles. The summed E-state index contributed by atoms with van der Waals surface area (Å²) in [4.78, 5) is 20.8. The van der Waals surface area contributed by atoms with Gasteiger partial charge in [0, 0.05) is 30.4 Å². The summed E-state index contributed by atoms with van der Waals surface area (Å²) < 4.78 is 0. The summed E-state index contributed by atoms with van der Waals surface area (Å²) in [6, 6.07) is 5.59. The van der Waals surface area contributed by atoms with Crippen LogP contribution in [0.1, 0.15) is 54.7 Å². The largest absolute Gasteiger partial charge is 0.345 e. The lowest BCUT2D eigenvalue weighted by molar-refractivity contribution is 0.0925. The number of hydrogen-bond acceptors (Lipinski definition) is 3. The summed E-state index contributed by atoms with van der Waals surface area (Å²) in [6.45, 7) is 8.39. The van der Waals surface area contributed by atoms with Gasteiger partial charge in [0.25, 0.3) is 5.91 Å². The first-order valence-electron chi connectivity index (χ1n) is 7.48. The van der Waals surface area contributed by atoms with Gasteiger partial charge in [0.15, 0.2) is 0 Å². The molecule has 1 unspecified atom stereocenters. The van der Waals surface area contributed by atoms with Crippen LogP contribution in [0, 0.1) is 12.3 Å². The van der Waals surface area contributed by atoms with E-state index in [0.717, 1.165) is 17.5 Å². The molecule has 0 spiro atoms. The molecule has 1 N–H and O–H groups in total. The van der Waals surface area contributed by atoms with Crippen LogP contribution in [0.2, 0.25) is 0 Å². The van der Waals surface area contributed by atoms with Crippen LogP contribution in [0.5, 0.6) is 0 Å². The Balaban J connectivity index is 2.23. The van der Waals surface area contributed by atoms with E-state index in [9.17, 15) is 4.79 Å². The molecule has 2 aromatic rings. The van der Waals surface area contributed by atoms with Crippen LogP contribution in [-0.2, 0) is 0 Å². The number of amides is 1. The highest BCUT2D eigenvalue weighted by atomic mass is 16.1. The second-order valence-corrected chi connectivity index (χ2v) is 6.77. The van der Waals surface area contributed by atoms with Gasteiger partial charge in [0.05, 0.1) is 6.04 Å². The van der Waals surface area contributed by atoms with Gasteiger partial charge in [0.1, 0.15) is 0 Å². The molecular formula is C18H23N3O. The van der Waals surface area contributed by atoms with Crippen LogP contribution < -0.4 is 5.32 Å². The van der Waals surface area contributed by atoms with Gasteiger partial charge in [-0.15, -0.1) is 0 Å². The molecule has 0 saturated carbocycles. The summed E-state index contributed by atoms with van der Waals surface area (Å²) in [5.74, 6) is -0.0713. The van der Waals surface area contributed by atoms with Crippen molar-refractivity contribution in [2.24, 2.45) is 5.41 Å². The van der Waals surface area contributed by atoms with Crippen LogP contribution in [0.25, 0.3) is 0 Å². The average Bonchev–Trinajstić information content (AvgIpc) is 2.46. The second-order valence-electron chi connectivity index (χ2n) is 6.77. The van der Waals surface area contributed by atoms with Gasteiger partial charge in [-0.05, 0) is 42.0 Å². The van der Waals surface area contributed by atoms with Gasteiger partial charge in [0.2, 0.25) is 0 Å². The minimum Gasteiger partial charge on any atom is -0.345 e. The maximum atomic E-state index is 12.6. The Bertz CT molecular complexity index is 632. The van der Waals surface area contributed by atoms with Gasteiger partial charge in [-0.25, -0.2) is 0 Å². The normalized spacial score (nSPS) is 12.7. The molecule has 0 aliphatic carbocycles. The summed E-state index contributed by atoms with van der Waals surface area (Å²) in [5.41, 5.74) is 2.66. The zero-order valence-electron chi connectivity index (χ0n) is 13.6. The quantitative estimate of drug-likeness (QED) is 0.936. The first kappa shape index (κ1) is 16.1. The van der Waals surface area contributed by atoms with Crippen molar-refractivity contribution in [3.05, 3.63) is 59.7 Å². The zero-order chi connectivity index (χ0) is 16.2. The number of hydrogen-bond donors (Lipinski definition) is 1. The van der Waals surface area contributed by atoms with Gasteiger partial charge in [-0.3, -0.25) is 14.8 Å². The monoisotopic (exact) mass is 297 g/mol. The van der Waals surface area contributed by atoms with E-state index in [1.807, 2.05) is 25.3 Å². The number of nitrogens with one attached hydrogen (secondary N) is 1. The molecule has 116 valence electrons. The summed E-state index contributed by atoms with van der Waals surface area (Å²) in [6.07, 6.45) is 7.75. The average molecular weight is 297 g/mol. The van der Waals surface area contributed by atoms with E-state index < -0.39 is 0 Å². The molecule has 0 radical (unpaired) electrons. The summed E-state index contributed by atoms with van der Waals surface area (Å²) in [5, 5.41) is 3.14. The molecule has 0 bridgehead atoms. The standard InChI is InChI=1S/C18H23N3O/c1-13-11-20-9-7-15(13)17(22)21-16(10-18(2,3)4)14-6-5-8-19-12-14/h5-9,11-12,16H,10H2,1-4H3,(H,21,22). The van der Waals surface area contributed by atoms with Gasteiger partial charge in [-0.1, -0.05) is 26.8 Å². The van der Waals surface area contributed by atoms with E-state index in [4.69, 9.17) is 0 Å². The molecule has 1 atom stereocenters. The maximum Gasteiger partial charge on any atom is 0.252 e. The van der Waals surface area contributed by atoms with Crippen LogP contribution in [-0.4, -0.2) is 15.9 Å². The van der Waals surface area contributed by atoms with Crippen molar-refractivity contribution >= 4 is 5.91 Å². The van der Waals surface area contributed by atoms with Crippen LogP contribution in [0.15, 0.2) is 43.0 Å². The third-order valence-corrected chi connectivity index (χ3v) is 3.47. The minimum absolute atomic E-state index is 0.0613. The Morgan fingerprint density at radius 1 is 1.18 bits per heavy atom. The zero-order valence-corrected chi connectivity index (χ0v) is 13.6. The van der Waals surface area contributed by atoms with Crippen molar-refractivity contribution in [1.82, 2.24) is 15.3 Å². The number of carbonyl (C=O) groups excluding carboxylic acids is 1. The predicted octanol–water partition coefficient (Wildman–Crippen LogP) is 3.69. The Hall–Kier alpha value is -2.23. The van der Waals surface area contributed by atoms with E-state index in [-0.39, 0.29) is 17.4 Å². The Morgan fingerprint density at radius 2 is 1.91 bits per heavy atom. The number of carbonyl (C=O) groups is 1. The Labute approximate surface area is 132 Å². The third-order valence-electron chi connectivity index (χ3n) is 3.47. The van der Waals surface area contributed by atoms with Gasteiger partial charge < -0.3 is 5.32 Å². The number of rotatable bonds is 4. The molecule has 2 heterocycles. The lowest BCUT2D eigenvalue weighted by Gasteiger charge is -2.27. The number of aryl methyl sites for hydroxylation is 1.